The number of aliphatic carboxylic acids is 1. The summed E-state index contributed by atoms with van der Waals surface area (Å²) in [5.74, 6) is -0.906. The molecule has 126 valence electrons. The van der Waals surface area contributed by atoms with Crippen LogP contribution in [0.15, 0.2) is 15.9 Å². The van der Waals surface area contributed by atoms with Gasteiger partial charge in [0.25, 0.3) is 5.56 Å². The maximum Gasteiger partial charge on any atom is 0.332 e. The van der Waals surface area contributed by atoms with Crippen LogP contribution in [0.5, 0.6) is 0 Å². The average Bonchev–Trinajstić information content (AvgIpc) is 2.89. The summed E-state index contributed by atoms with van der Waals surface area (Å²) in [6.07, 6.45) is 1.99. The molecule has 2 aromatic rings. The molecular formula is C14H21N5O4. The predicted octanol–water partition coefficient (Wildman–Crippen LogP) is -0.771. The Morgan fingerprint density at radius 1 is 1.39 bits per heavy atom. The van der Waals surface area contributed by atoms with E-state index in [1.165, 1.54) is 15.5 Å². The van der Waals surface area contributed by atoms with Gasteiger partial charge in [0.1, 0.15) is 6.04 Å². The molecule has 0 fully saturated rings. The van der Waals surface area contributed by atoms with Gasteiger partial charge in [-0.3, -0.25) is 23.6 Å². The van der Waals surface area contributed by atoms with Crippen LogP contribution in [0.25, 0.3) is 11.2 Å². The van der Waals surface area contributed by atoms with Crippen LogP contribution in [0, 0.1) is 0 Å². The number of aryl methyl sites for hydroxylation is 2. The number of hydrogen-bond donors (Lipinski definition) is 1. The van der Waals surface area contributed by atoms with E-state index < -0.39 is 17.7 Å². The smallest absolute Gasteiger partial charge is 0.332 e. The predicted molar refractivity (Wildman–Crippen MR) is 84.6 cm³/mol. The zero-order valence-corrected chi connectivity index (χ0v) is 13.7. The van der Waals surface area contributed by atoms with Crippen LogP contribution in [0.2, 0.25) is 0 Å². The van der Waals surface area contributed by atoms with E-state index in [0.717, 1.165) is 0 Å². The molecule has 9 nitrogen and oxygen atoms in total. The second-order valence-electron chi connectivity index (χ2n) is 5.67. The molecule has 1 atom stereocenters. The highest BCUT2D eigenvalue weighted by atomic mass is 16.4. The van der Waals surface area contributed by atoms with Gasteiger partial charge in [0, 0.05) is 27.2 Å². The minimum absolute atomic E-state index is 0.226. The van der Waals surface area contributed by atoms with Gasteiger partial charge in [-0.05, 0) is 20.4 Å². The van der Waals surface area contributed by atoms with Crippen molar-refractivity contribution in [1.29, 1.82) is 0 Å². The molecule has 0 aliphatic heterocycles. The third-order valence-corrected chi connectivity index (χ3v) is 4.11. The molecule has 9 heteroatoms. The maximum atomic E-state index is 12.5. The molecule has 0 saturated heterocycles. The standard InChI is InChI=1S/C14H21N5O4/c1-9(13(21)22)16(2)6-5-7-19-12(20)10-11(15-8-17(10)3)18(4)14(19)23/h8-9H,5-7H2,1-4H3,(H,21,22). The highest BCUT2D eigenvalue weighted by Crippen LogP contribution is 2.03. The van der Waals surface area contributed by atoms with Crippen LogP contribution in [-0.4, -0.2) is 54.3 Å². The molecule has 0 radical (unpaired) electrons. The number of carboxylic acids is 1. The molecule has 2 rings (SSSR count). The van der Waals surface area contributed by atoms with E-state index in [-0.39, 0.29) is 12.1 Å². The lowest BCUT2D eigenvalue weighted by Crippen LogP contribution is -2.41. The van der Waals surface area contributed by atoms with Gasteiger partial charge < -0.3 is 9.67 Å². The van der Waals surface area contributed by atoms with Crippen LogP contribution >= 0.6 is 0 Å². The summed E-state index contributed by atoms with van der Waals surface area (Å²) in [7, 11) is 4.98. The molecule has 1 unspecified atom stereocenters. The van der Waals surface area contributed by atoms with Crippen molar-refractivity contribution < 1.29 is 9.90 Å². The Kier molecular flexibility index (Phi) is 4.69. The Labute approximate surface area is 132 Å². The Balaban J connectivity index is 2.24. The minimum Gasteiger partial charge on any atom is -0.480 e. The van der Waals surface area contributed by atoms with E-state index in [1.807, 2.05) is 0 Å². The SMILES string of the molecule is CC(C(=O)O)N(C)CCCn1c(=O)c2c(ncn2C)n(C)c1=O. The monoisotopic (exact) mass is 323 g/mol. The second-order valence-corrected chi connectivity index (χ2v) is 5.67. The highest BCUT2D eigenvalue weighted by Gasteiger charge is 2.17. The van der Waals surface area contributed by atoms with Gasteiger partial charge in [-0.25, -0.2) is 9.78 Å². The van der Waals surface area contributed by atoms with E-state index in [1.54, 1.807) is 37.5 Å². The highest BCUT2D eigenvalue weighted by molar-refractivity contribution is 5.72. The summed E-state index contributed by atoms with van der Waals surface area (Å²) in [6.45, 7) is 2.28. The van der Waals surface area contributed by atoms with Crippen LogP contribution in [0.1, 0.15) is 13.3 Å². The first-order chi connectivity index (χ1) is 10.8. The number of fused-ring (bicyclic) bond motifs is 1. The van der Waals surface area contributed by atoms with Crippen molar-refractivity contribution in [1.82, 2.24) is 23.6 Å². The number of carbonyl (C=O) groups is 1. The van der Waals surface area contributed by atoms with Gasteiger partial charge in [0.15, 0.2) is 11.2 Å². The number of rotatable bonds is 6. The molecule has 0 spiro atoms. The lowest BCUT2D eigenvalue weighted by atomic mass is 10.3. The second kappa shape index (κ2) is 6.37. The molecule has 0 amide bonds. The van der Waals surface area contributed by atoms with Crippen LogP contribution < -0.4 is 11.2 Å². The zero-order chi connectivity index (χ0) is 17.3. The Morgan fingerprint density at radius 2 is 2.04 bits per heavy atom. The molecule has 0 bridgehead atoms. The van der Waals surface area contributed by atoms with Gasteiger partial charge in [-0.1, -0.05) is 0 Å². The summed E-state index contributed by atoms with van der Waals surface area (Å²) < 4.78 is 4.11. The lowest BCUT2D eigenvalue weighted by Gasteiger charge is -2.21. The van der Waals surface area contributed by atoms with Crippen molar-refractivity contribution in [2.45, 2.75) is 25.9 Å². The Morgan fingerprint density at radius 3 is 2.65 bits per heavy atom. The molecule has 0 aliphatic rings. The summed E-state index contributed by atoms with van der Waals surface area (Å²) in [5, 5.41) is 8.96. The maximum absolute atomic E-state index is 12.5. The van der Waals surface area contributed by atoms with Gasteiger partial charge in [-0.15, -0.1) is 0 Å². The van der Waals surface area contributed by atoms with E-state index in [4.69, 9.17) is 5.11 Å². The quantitative estimate of drug-likeness (QED) is 0.749. The number of carboxylic acid groups (broad SMARTS) is 1. The molecule has 2 aromatic heterocycles. The number of hydrogen-bond acceptors (Lipinski definition) is 5. The summed E-state index contributed by atoms with van der Waals surface area (Å²) in [5.41, 5.74) is -0.0677. The van der Waals surface area contributed by atoms with Crippen molar-refractivity contribution in [3.05, 3.63) is 27.2 Å². The van der Waals surface area contributed by atoms with Gasteiger partial charge >= 0.3 is 11.7 Å². The number of likely N-dealkylation sites (N-methyl/N-ethyl adjacent to an activating group) is 1. The van der Waals surface area contributed by atoms with Crippen molar-refractivity contribution in [3.8, 4) is 0 Å². The first kappa shape index (κ1) is 16.9. The molecule has 2 heterocycles. The fourth-order valence-electron chi connectivity index (χ4n) is 2.45. The third-order valence-electron chi connectivity index (χ3n) is 4.11. The fourth-order valence-corrected chi connectivity index (χ4v) is 2.45. The normalized spacial score (nSPS) is 12.9. The molecule has 0 aromatic carbocycles. The van der Waals surface area contributed by atoms with Gasteiger partial charge in [0.2, 0.25) is 0 Å². The van der Waals surface area contributed by atoms with Crippen LogP contribution in [-0.2, 0) is 25.4 Å². The molecule has 0 aliphatic carbocycles. The molecular weight excluding hydrogens is 302 g/mol. The third kappa shape index (κ3) is 3.04. The Hall–Kier alpha value is -2.42. The van der Waals surface area contributed by atoms with Crippen molar-refractivity contribution in [2.24, 2.45) is 14.1 Å². The van der Waals surface area contributed by atoms with E-state index in [0.29, 0.717) is 24.1 Å². The van der Waals surface area contributed by atoms with Crippen molar-refractivity contribution >= 4 is 17.1 Å². The topological polar surface area (TPSA) is 102 Å². The van der Waals surface area contributed by atoms with Crippen LogP contribution in [0.4, 0.5) is 0 Å². The van der Waals surface area contributed by atoms with E-state index in [9.17, 15) is 14.4 Å². The number of aromatic nitrogens is 4. The Bertz CT molecular complexity index is 847. The number of nitrogens with zero attached hydrogens (tertiary/aromatic N) is 5. The van der Waals surface area contributed by atoms with Crippen molar-refractivity contribution in [2.75, 3.05) is 13.6 Å². The zero-order valence-electron chi connectivity index (χ0n) is 13.7. The van der Waals surface area contributed by atoms with Crippen LogP contribution in [0.3, 0.4) is 0 Å². The fraction of sp³-hybridized carbons (Fsp3) is 0.571. The first-order valence-corrected chi connectivity index (χ1v) is 7.29. The summed E-state index contributed by atoms with van der Waals surface area (Å²) in [4.78, 5) is 41.4. The average molecular weight is 323 g/mol. The molecule has 1 N–H and O–H groups in total. The summed E-state index contributed by atoms with van der Waals surface area (Å²) in [6, 6.07) is -0.617. The van der Waals surface area contributed by atoms with Gasteiger partial charge in [-0.2, -0.15) is 0 Å². The summed E-state index contributed by atoms with van der Waals surface area (Å²) >= 11 is 0. The lowest BCUT2D eigenvalue weighted by molar-refractivity contribution is -0.142. The minimum atomic E-state index is -0.906. The molecule has 0 saturated carbocycles. The number of imidazole rings is 1. The largest absolute Gasteiger partial charge is 0.480 e. The van der Waals surface area contributed by atoms with E-state index in [2.05, 4.69) is 4.98 Å². The van der Waals surface area contributed by atoms with Crippen molar-refractivity contribution in [3.63, 3.8) is 0 Å². The molecule has 23 heavy (non-hydrogen) atoms. The first-order valence-electron chi connectivity index (χ1n) is 7.29. The van der Waals surface area contributed by atoms with E-state index >= 15 is 0 Å². The van der Waals surface area contributed by atoms with Gasteiger partial charge in [0.05, 0.1) is 6.33 Å².